The molecule has 2 aromatic rings. The Balaban J connectivity index is 1.50. The van der Waals surface area contributed by atoms with Crippen molar-refractivity contribution in [2.75, 3.05) is 25.0 Å². The lowest BCUT2D eigenvalue weighted by Gasteiger charge is -2.34. The monoisotopic (exact) mass is 492 g/mol. The third-order valence-electron chi connectivity index (χ3n) is 5.52. The number of likely N-dealkylation sites (tertiary alicyclic amines) is 1. The number of rotatable bonds is 7. The van der Waals surface area contributed by atoms with Gasteiger partial charge in [0, 0.05) is 30.3 Å². The van der Waals surface area contributed by atoms with E-state index in [4.69, 9.17) is 11.6 Å². The van der Waals surface area contributed by atoms with E-state index in [2.05, 4.69) is 15.4 Å². The number of piperidine rings is 1. The van der Waals surface area contributed by atoms with Crippen molar-refractivity contribution < 1.29 is 18.0 Å². The van der Waals surface area contributed by atoms with E-state index in [0.29, 0.717) is 30.3 Å². The van der Waals surface area contributed by atoms with Gasteiger partial charge in [-0.25, -0.2) is 13.2 Å². The summed E-state index contributed by atoms with van der Waals surface area (Å²) in [7, 11) is -3.85. The summed E-state index contributed by atoms with van der Waals surface area (Å²) in [5.74, 6) is -0.201. The lowest BCUT2D eigenvalue weighted by molar-refractivity contribution is -0.134. The summed E-state index contributed by atoms with van der Waals surface area (Å²) in [5.41, 5.74) is 1.82. The number of halogens is 1. The van der Waals surface area contributed by atoms with Crippen LogP contribution in [-0.4, -0.2) is 50.9 Å². The maximum atomic E-state index is 12.9. The van der Waals surface area contributed by atoms with Crippen molar-refractivity contribution in [1.29, 1.82) is 0 Å². The molecule has 3 amide bonds. The molecule has 8 nitrogen and oxygen atoms in total. The van der Waals surface area contributed by atoms with Crippen LogP contribution in [0.3, 0.4) is 0 Å². The van der Waals surface area contributed by atoms with Crippen molar-refractivity contribution >= 4 is 39.2 Å². The van der Waals surface area contributed by atoms with Gasteiger partial charge in [0.05, 0.1) is 10.9 Å². The standard InChI is InChI=1S/C23H29ClN4O4S/c1-16-5-9-20(10-6-16)26-23(30)25-14-18-4-3-13-28(15-18)22(29)17(2)27-33(31,32)21-11-7-19(24)8-12-21/h5-12,17-18,27H,3-4,13-15H2,1-2H3,(H2,25,26,30)/t17-,18?/m0/s1. The molecule has 10 heteroatoms. The molecule has 1 unspecified atom stereocenters. The zero-order chi connectivity index (χ0) is 24.0. The topological polar surface area (TPSA) is 108 Å². The number of urea groups is 1. The number of carbonyl (C=O) groups excluding carboxylic acids is 2. The fourth-order valence-electron chi connectivity index (χ4n) is 3.72. The first-order valence-electron chi connectivity index (χ1n) is 10.8. The first kappa shape index (κ1) is 25.0. The fraction of sp³-hybridized carbons (Fsp3) is 0.391. The van der Waals surface area contributed by atoms with Crippen molar-refractivity contribution in [3.63, 3.8) is 0 Å². The van der Waals surface area contributed by atoms with Gasteiger partial charge in [0.25, 0.3) is 0 Å². The van der Waals surface area contributed by atoms with Crippen molar-refractivity contribution in [3.8, 4) is 0 Å². The Morgan fingerprint density at radius 1 is 1.12 bits per heavy atom. The summed E-state index contributed by atoms with van der Waals surface area (Å²) < 4.78 is 27.6. The number of hydrogen-bond acceptors (Lipinski definition) is 4. The predicted molar refractivity (Wildman–Crippen MR) is 129 cm³/mol. The number of aryl methyl sites for hydroxylation is 1. The van der Waals surface area contributed by atoms with Gasteiger partial charge in [0.1, 0.15) is 0 Å². The van der Waals surface area contributed by atoms with E-state index in [1.807, 2.05) is 31.2 Å². The molecule has 178 valence electrons. The van der Waals surface area contributed by atoms with Crippen LogP contribution in [0.25, 0.3) is 0 Å². The van der Waals surface area contributed by atoms with Gasteiger partial charge in [0.15, 0.2) is 0 Å². The summed E-state index contributed by atoms with van der Waals surface area (Å²) in [4.78, 5) is 26.8. The van der Waals surface area contributed by atoms with Crippen LogP contribution in [0.1, 0.15) is 25.3 Å². The molecule has 1 fully saturated rings. The molecule has 1 saturated heterocycles. The highest BCUT2D eigenvalue weighted by Gasteiger charge is 2.29. The van der Waals surface area contributed by atoms with Gasteiger partial charge in [-0.3, -0.25) is 4.79 Å². The molecule has 0 spiro atoms. The highest BCUT2D eigenvalue weighted by atomic mass is 35.5. The Labute approximate surface area is 199 Å². The second-order valence-electron chi connectivity index (χ2n) is 8.29. The fourth-order valence-corrected chi connectivity index (χ4v) is 5.04. The molecule has 0 aromatic heterocycles. The Morgan fingerprint density at radius 3 is 2.45 bits per heavy atom. The van der Waals surface area contributed by atoms with E-state index in [1.165, 1.54) is 31.2 Å². The van der Waals surface area contributed by atoms with Crippen LogP contribution in [0.4, 0.5) is 10.5 Å². The van der Waals surface area contributed by atoms with Crippen LogP contribution in [-0.2, 0) is 14.8 Å². The third-order valence-corrected chi connectivity index (χ3v) is 7.33. The number of benzene rings is 2. The molecule has 33 heavy (non-hydrogen) atoms. The predicted octanol–water partition coefficient (Wildman–Crippen LogP) is 3.38. The molecule has 3 rings (SSSR count). The van der Waals surface area contributed by atoms with Gasteiger partial charge in [-0.2, -0.15) is 4.72 Å². The van der Waals surface area contributed by atoms with Crippen LogP contribution in [0.15, 0.2) is 53.4 Å². The quantitative estimate of drug-likeness (QED) is 0.550. The second-order valence-corrected chi connectivity index (χ2v) is 10.4. The number of sulfonamides is 1. The summed E-state index contributed by atoms with van der Waals surface area (Å²) in [6.07, 6.45) is 1.66. The van der Waals surface area contributed by atoms with Crippen molar-refractivity contribution in [1.82, 2.24) is 14.9 Å². The van der Waals surface area contributed by atoms with Gasteiger partial charge in [-0.15, -0.1) is 0 Å². The lowest BCUT2D eigenvalue weighted by atomic mass is 9.97. The molecule has 1 aliphatic heterocycles. The van der Waals surface area contributed by atoms with Gasteiger partial charge < -0.3 is 15.5 Å². The molecule has 2 atom stereocenters. The highest BCUT2D eigenvalue weighted by Crippen LogP contribution is 2.18. The van der Waals surface area contributed by atoms with Crippen molar-refractivity contribution in [3.05, 3.63) is 59.1 Å². The van der Waals surface area contributed by atoms with Gasteiger partial charge in [0.2, 0.25) is 15.9 Å². The number of nitrogens with zero attached hydrogens (tertiary/aromatic N) is 1. The molecular weight excluding hydrogens is 464 g/mol. The van der Waals surface area contributed by atoms with Crippen LogP contribution in [0.2, 0.25) is 5.02 Å². The maximum Gasteiger partial charge on any atom is 0.319 e. The minimum Gasteiger partial charge on any atom is -0.341 e. The first-order valence-corrected chi connectivity index (χ1v) is 12.7. The van der Waals surface area contributed by atoms with Crippen molar-refractivity contribution in [2.45, 2.75) is 37.6 Å². The molecule has 0 radical (unpaired) electrons. The molecule has 3 N–H and O–H groups in total. The summed E-state index contributed by atoms with van der Waals surface area (Å²) in [6, 6.07) is 12.1. The maximum absolute atomic E-state index is 12.9. The smallest absolute Gasteiger partial charge is 0.319 e. The van der Waals surface area contributed by atoms with Gasteiger partial charge in [-0.05, 0) is 69.0 Å². The lowest BCUT2D eigenvalue weighted by Crippen LogP contribution is -2.51. The third kappa shape index (κ3) is 7.18. The molecule has 0 bridgehead atoms. The van der Waals surface area contributed by atoms with E-state index in [1.54, 1.807) is 4.90 Å². The average Bonchev–Trinajstić information content (AvgIpc) is 2.79. The molecular formula is C23H29ClN4O4S. The molecule has 0 saturated carbocycles. The highest BCUT2D eigenvalue weighted by molar-refractivity contribution is 7.89. The van der Waals surface area contributed by atoms with Crippen LogP contribution >= 0.6 is 11.6 Å². The second kappa shape index (κ2) is 11.0. The Hall–Kier alpha value is -2.62. The zero-order valence-electron chi connectivity index (χ0n) is 18.7. The average molecular weight is 493 g/mol. The van der Waals surface area contributed by atoms with Gasteiger partial charge in [-0.1, -0.05) is 29.3 Å². The number of hydrogen-bond donors (Lipinski definition) is 3. The minimum absolute atomic E-state index is 0.0480. The Kier molecular flexibility index (Phi) is 8.34. The SMILES string of the molecule is Cc1ccc(NC(=O)NCC2CCCN(C(=O)[C@H](C)NS(=O)(=O)c3ccc(Cl)cc3)C2)cc1. The van der Waals surface area contributed by atoms with Crippen LogP contribution in [0.5, 0.6) is 0 Å². The zero-order valence-corrected chi connectivity index (χ0v) is 20.2. The first-order chi connectivity index (χ1) is 15.6. The summed E-state index contributed by atoms with van der Waals surface area (Å²) in [5, 5.41) is 6.08. The molecule has 2 aromatic carbocycles. The van der Waals surface area contributed by atoms with E-state index >= 15 is 0 Å². The number of nitrogens with one attached hydrogen (secondary N) is 3. The molecule has 1 heterocycles. The number of anilines is 1. The van der Waals surface area contributed by atoms with E-state index < -0.39 is 16.1 Å². The van der Waals surface area contributed by atoms with Gasteiger partial charge >= 0.3 is 6.03 Å². The number of carbonyl (C=O) groups is 2. The van der Waals surface area contributed by atoms with Crippen LogP contribution in [0, 0.1) is 12.8 Å². The normalized spacial score (nSPS) is 17.3. The van der Waals surface area contributed by atoms with Crippen molar-refractivity contribution in [2.24, 2.45) is 5.92 Å². The Bertz CT molecular complexity index is 1070. The Morgan fingerprint density at radius 2 is 1.79 bits per heavy atom. The largest absolute Gasteiger partial charge is 0.341 e. The molecule has 1 aliphatic rings. The minimum atomic E-state index is -3.85. The van der Waals surface area contributed by atoms with E-state index in [-0.39, 0.29) is 22.8 Å². The summed E-state index contributed by atoms with van der Waals surface area (Å²) >= 11 is 5.82. The van der Waals surface area contributed by atoms with Crippen LogP contribution < -0.4 is 15.4 Å². The van der Waals surface area contributed by atoms with E-state index in [9.17, 15) is 18.0 Å². The summed E-state index contributed by atoms with van der Waals surface area (Å²) in [6.45, 7) is 4.94. The molecule has 0 aliphatic carbocycles. The number of amides is 3. The van der Waals surface area contributed by atoms with E-state index in [0.717, 1.165) is 18.4 Å².